The van der Waals surface area contributed by atoms with Crippen LogP contribution in [-0.4, -0.2) is 15.0 Å². The van der Waals surface area contributed by atoms with Crippen molar-refractivity contribution in [1.29, 1.82) is 0 Å². The van der Waals surface area contributed by atoms with Gasteiger partial charge in [0, 0.05) is 32.7 Å². The van der Waals surface area contributed by atoms with Crippen molar-refractivity contribution in [2.75, 3.05) is 0 Å². The van der Waals surface area contributed by atoms with Crippen LogP contribution >= 0.6 is 0 Å². The predicted molar refractivity (Wildman–Crippen MR) is 202 cm³/mol. The standard InChI is InChI=1S/C45H27N3O2/c1-3-11-28(12-4-1)29-21-23-31(24-22-29)43-46-44(48-45(47-43)37-18-9-17-35-34-15-7-8-19-38(34)50-42(35)37)32-25-26-36-40(27-32)49-39-20-10-16-33(41(36)39)30-13-5-2-6-14-30/h1-27H. The molecule has 7 aromatic carbocycles. The van der Waals surface area contributed by atoms with Crippen LogP contribution in [-0.2, 0) is 0 Å². The summed E-state index contributed by atoms with van der Waals surface area (Å²) in [6, 6.07) is 55.8. The van der Waals surface area contributed by atoms with E-state index in [0.29, 0.717) is 17.5 Å². The van der Waals surface area contributed by atoms with Gasteiger partial charge in [-0.1, -0.05) is 133 Å². The Bertz CT molecular complexity index is 2850. The number of aromatic nitrogens is 3. The number of fused-ring (bicyclic) bond motifs is 6. The number of benzene rings is 7. The molecule has 5 heteroatoms. The Morgan fingerprint density at radius 2 is 0.900 bits per heavy atom. The average Bonchev–Trinajstić information content (AvgIpc) is 3.77. The summed E-state index contributed by atoms with van der Waals surface area (Å²) in [5.74, 6) is 1.67. The second-order valence-corrected chi connectivity index (χ2v) is 12.4. The quantitative estimate of drug-likeness (QED) is 0.187. The highest BCUT2D eigenvalue weighted by molar-refractivity contribution is 6.13. The summed E-state index contributed by atoms with van der Waals surface area (Å²) in [6.07, 6.45) is 0. The van der Waals surface area contributed by atoms with Gasteiger partial charge in [-0.05, 0) is 52.6 Å². The summed E-state index contributed by atoms with van der Waals surface area (Å²) in [6.45, 7) is 0. The first-order chi connectivity index (χ1) is 24.8. The van der Waals surface area contributed by atoms with Crippen LogP contribution < -0.4 is 0 Å². The molecule has 10 aromatic rings. The van der Waals surface area contributed by atoms with E-state index in [4.69, 9.17) is 23.8 Å². The van der Waals surface area contributed by atoms with Crippen molar-refractivity contribution >= 4 is 43.9 Å². The van der Waals surface area contributed by atoms with Crippen molar-refractivity contribution < 1.29 is 8.83 Å². The van der Waals surface area contributed by atoms with Crippen LogP contribution in [0.15, 0.2) is 173 Å². The molecule has 0 fully saturated rings. The molecule has 10 rings (SSSR count). The van der Waals surface area contributed by atoms with Gasteiger partial charge in [0.15, 0.2) is 17.5 Å². The molecule has 3 aromatic heterocycles. The number of nitrogens with zero attached hydrogens (tertiary/aromatic N) is 3. The molecule has 234 valence electrons. The minimum atomic E-state index is 0.540. The Labute approximate surface area is 287 Å². The van der Waals surface area contributed by atoms with Gasteiger partial charge in [0.1, 0.15) is 22.3 Å². The van der Waals surface area contributed by atoms with Gasteiger partial charge in [0.05, 0.1) is 5.56 Å². The summed E-state index contributed by atoms with van der Waals surface area (Å²) in [5.41, 5.74) is 10.3. The first-order valence-electron chi connectivity index (χ1n) is 16.6. The monoisotopic (exact) mass is 641 g/mol. The molecule has 0 atom stereocenters. The third-order valence-corrected chi connectivity index (χ3v) is 9.37. The molecule has 0 aliphatic heterocycles. The van der Waals surface area contributed by atoms with Gasteiger partial charge in [-0.2, -0.15) is 0 Å². The van der Waals surface area contributed by atoms with Crippen molar-refractivity contribution in [3.05, 3.63) is 164 Å². The Morgan fingerprint density at radius 3 is 1.72 bits per heavy atom. The van der Waals surface area contributed by atoms with Gasteiger partial charge >= 0.3 is 0 Å². The van der Waals surface area contributed by atoms with Gasteiger partial charge in [0.25, 0.3) is 0 Å². The third-order valence-electron chi connectivity index (χ3n) is 9.37. The zero-order valence-electron chi connectivity index (χ0n) is 26.7. The number of hydrogen-bond donors (Lipinski definition) is 0. The van der Waals surface area contributed by atoms with Crippen molar-refractivity contribution in [3.8, 4) is 56.4 Å². The Balaban J connectivity index is 1.16. The molecule has 0 N–H and O–H groups in total. The maximum Gasteiger partial charge on any atom is 0.167 e. The summed E-state index contributed by atoms with van der Waals surface area (Å²) in [4.78, 5) is 15.2. The Morgan fingerprint density at radius 1 is 0.320 bits per heavy atom. The molecule has 5 nitrogen and oxygen atoms in total. The zero-order chi connectivity index (χ0) is 33.0. The first kappa shape index (κ1) is 28.2. The maximum atomic E-state index is 6.47. The molecule has 50 heavy (non-hydrogen) atoms. The van der Waals surface area contributed by atoms with Crippen molar-refractivity contribution in [1.82, 2.24) is 15.0 Å². The fraction of sp³-hybridized carbons (Fsp3) is 0. The van der Waals surface area contributed by atoms with E-state index >= 15 is 0 Å². The molecular weight excluding hydrogens is 615 g/mol. The number of para-hydroxylation sites is 2. The SMILES string of the molecule is c1ccc(-c2ccc(-c3nc(-c4ccc5c(c4)oc4cccc(-c6ccccc6)c45)nc(-c4cccc5c4oc4ccccc45)n3)cc2)cc1. The van der Waals surface area contributed by atoms with E-state index in [9.17, 15) is 0 Å². The smallest absolute Gasteiger partial charge is 0.167 e. The molecule has 0 amide bonds. The van der Waals surface area contributed by atoms with Crippen LogP contribution in [0.2, 0.25) is 0 Å². The van der Waals surface area contributed by atoms with E-state index < -0.39 is 0 Å². The topological polar surface area (TPSA) is 65.0 Å². The summed E-state index contributed by atoms with van der Waals surface area (Å²) < 4.78 is 12.9. The molecule has 0 radical (unpaired) electrons. The van der Waals surface area contributed by atoms with Crippen molar-refractivity contribution in [3.63, 3.8) is 0 Å². The number of furan rings is 2. The van der Waals surface area contributed by atoms with Gasteiger partial charge in [0.2, 0.25) is 0 Å². The maximum absolute atomic E-state index is 6.47. The first-order valence-corrected chi connectivity index (χ1v) is 16.6. The van der Waals surface area contributed by atoms with Crippen LogP contribution in [0.1, 0.15) is 0 Å². The lowest BCUT2D eigenvalue weighted by Crippen LogP contribution is -2.00. The van der Waals surface area contributed by atoms with Crippen LogP contribution in [0.4, 0.5) is 0 Å². The predicted octanol–water partition coefficient (Wildman–Crippen LogP) is 12.0. The van der Waals surface area contributed by atoms with E-state index in [1.165, 1.54) is 0 Å². The normalized spacial score (nSPS) is 11.6. The molecule has 0 saturated heterocycles. The lowest BCUT2D eigenvalue weighted by atomic mass is 9.99. The Kier molecular flexibility index (Phi) is 6.42. The summed E-state index contributed by atoms with van der Waals surface area (Å²) >= 11 is 0. The zero-order valence-corrected chi connectivity index (χ0v) is 26.7. The summed E-state index contributed by atoms with van der Waals surface area (Å²) in [7, 11) is 0. The molecule has 0 aliphatic rings. The fourth-order valence-electron chi connectivity index (χ4n) is 6.94. The van der Waals surface area contributed by atoms with Crippen LogP contribution in [0.25, 0.3) is 100 Å². The fourth-order valence-corrected chi connectivity index (χ4v) is 6.94. The molecular formula is C45H27N3O2. The molecule has 0 unspecified atom stereocenters. The molecule has 0 bridgehead atoms. The average molecular weight is 642 g/mol. The van der Waals surface area contributed by atoms with Gasteiger partial charge in [-0.25, -0.2) is 15.0 Å². The van der Waals surface area contributed by atoms with Gasteiger partial charge in [-0.15, -0.1) is 0 Å². The molecule has 3 heterocycles. The highest BCUT2D eigenvalue weighted by atomic mass is 16.3. The van der Waals surface area contributed by atoms with E-state index in [1.54, 1.807) is 0 Å². The third kappa shape index (κ3) is 4.67. The van der Waals surface area contributed by atoms with E-state index in [2.05, 4.69) is 91.0 Å². The summed E-state index contributed by atoms with van der Waals surface area (Å²) in [5, 5.41) is 4.21. The van der Waals surface area contributed by atoms with Crippen LogP contribution in [0.3, 0.4) is 0 Å². The second-order valence-electron chi connectivity index (χ2n) is 12.4. The van der Waals surface area contributed by atoms with Crippen molar-refractivity contribution in [2.24, 2.45) is 0 Å². The molecule has 0 aliphatic carbocycles. The minimum absolute atomic E-state index is 0.540. The molecule has 0 spiro atoms. The largest absolute Gasteiger partial charge is 0.456 e. The molecule has 0 saturated carbocycles. The van der Waals surface area contributed by atoms with E-state index in [-0.39, 0.29) is 0 Å². The van der Waals surface area contributed by atoms with Crippen LogP contribution in [0, 0.1) is 0 Å². The van der Waals surface area contributed by atoms with Crippen LogP contribution in [0.5, 0.6) is 0 Å². The lowest BCUT2D eigenvalue weighted by Gasteiger charge is -2.09. The highest BCUT2D eigenvalue weighted by Gasteiger charge is 2.19. The van der Waals surface area contributed by atoms with Gasteiger partial charge in [-0.3, -0.25) is 0 Å². The number of hydrogen-bond acceptors (Lipinski definition) is 5. The van der Waals surface area contributed by atoms with Gasteiger partial charge < -0.3 is 8.83 Å². The van der Waals surface area contributed by atoms with Crippen molar-refractivity contribution in [2.45, 2.75) is 0 Å². The number of rotatable bonds is 5. The van der Waals surface area contributed by atoms with E-state index in [1.807, 2.05) is 72.8 Å². The Hall–Kier alpha value is -6.85. The van der Waals surface area contributed by atoms with E-state index in [0.717, 1.165) is 82.8 Å². The highest BCUT2D eigenvalue weighted by Crippen LogP contribution is 2.39. The lowest BCUT2D eigenvalue weighted by molar-refractivity contribution is 0.668. The second kappa shape index (κ2) is 11.4. The minimum Gasteiger partial charge on any atom is -0.456 e.